The minimum absolute atomic E-state index is 0.106. The van der Waals surface area contributed by atoms with Crippen molar-refractivity contribution in [2.45, 2.75) is 32.4 Å². The molecule has 21 heavy (non-hydrogen) atoms. The molecule has 114 valence electrons. The van der Waals surface area contributed by atoms with Gasteiger partial charge in [-0.1, -0.05) is 13.3 Å². The van der Waals surface area contributed by atoms with E-state index < -0.39 is 12.0 Å². The summed E-state index contributed by atoms with van der Waals surface area (Å²) in [6.07, 6.45) is -1.32. The van der Waals surface area contributed by atoms with Gasteiger partial charge in [0.2, 0.25) is 0 Å². The Kier molecular flexibility index (Phi) is 3.46. The molecule has 1 aliphatic rings. The van der Waals surface area contributed by atoms with Crippen molar-refractivity contribution in [3.8, 4) is 0 Å². The molecule has 3 rings (SSSR count). The maximum Gasteiger partial charge on any atom is 0.453 e. The standard InChI is InChI=1S/C13H16F3N5/c1-2-9-5-7-20(8-6-9)11-4-3-10-17-18-12(13(14,15)16)21(10)19-11/h3-4,9H,2,5-8H2,1H3. The maximum absolute atomic E-state index is 12.8. The Hall–Kier alpha value is -1.86. The van der Waals surface area contributed by atoms with Crippen molar-refractivity contribution in [3.05, 3.63) is 18.0 Å². The molecule has 1 aliphatic heterocycles. The summed E-state index contributed by atoms with van der Waals surface area (Å²) >= 11 is 0. The fourth-order valence-corrected chi connectivity index (χ4v) is 2.69. The first-order valence-electron chi connectivity index (χ1n) is 7.03. The molecule has 2 aromatic rings. The van der Waals surface area contributed by atoms with Gasteiger partial charge in [-0.2, -0.15) is 17.7 Å². The average molecular weight is 299 g/mol. The van der Waals surface area contributed by atoms with E-state index in [1.54, 1.807) is 6.07 Å². The lowest BCUT2D eigenvalue weighted by Gasteiger charge is -2.32. The van der Waals surface area contributed by atoms with Crippen molar-refractivity contribution >= 4 is 11.5 Å². The molecule has 3 heterocycles. The predicted octanol–water partition coefficient (Wildman–Crippen LogP) is 2.77. The van der Waals surface area contributed by atoms with Crippen molar-refractivity contribution < 1.29 is 13.2 Å². The number of nitrogens with zero attached hydrogens (tertiary/aromatic N) is 5. The van der Waals surface area contributed by atoms with Crippen molar-refractivity contribution in [2.75, 3.05) is 18.0 Å². The van der Waals surface area contributed by atoms with Gasteiger partial charge in [0.15, 0.2) is 5.65 Å². The van der Waals surface area contributed by atoms with Gasteiger partial charge in [-0.3, -0.25) is 0 Å². The van der Waals surface area contributed by atoms with E-state index in [9.17, 15) is 13.2 Å². The fraction of sp³-hybridized carbons (Fsp3) is 0.615. The second kappa shape index (κ2) is 5.16. The second-order valence-corrected chi connectivity index (χ2v) is 5.32. The number of aromatic nitrogens is 4. The van der Waals surface area contributed by atoms with Crippen LogP contribution >= 0.6 is 0 Å². The highest BCUT2D eigenvalue weighted by Gasteiger charge is 2.37. The lowest BCUT2D eigenvalue weighted by atomic mass is 9.94. The molecule has 1 fully saturated rings. The zero-order valence-electron chi connectivity index (χ0n) is 11.6. The zero-order valence-corrected chi connectivity index (χ0v) is 11.6. The Morgan fingerprint density at radius 1 is 1.19 bits per heavy atom. The Morgan fingerprint density at radius 3 is 2.52 bits per heavy atom. The smallest absolute Gasteiger partial charge is 0.355 e. The first kappa shape index (κ1) is 14.1. The third-order valence-electron chi connectivity index (χ3n) is 4.02. The van der Waals surface area contributed by atoms with Gasteiger partial charge in [-0.05, 0) is 30.9 Å². The second-order valence-electron chi connectivity index (χ2n) is 5.32. The maximum atomic E-state index is 12.8. The van der Waals surface area contributed by atoms with Crippen molar-refractivity contribution in [1.82, 2.24) is 19.8 Å². The summed E-state index contributed by atoms with van der Waals surface area (Å²) < 4.78 is 39.3. The summed E-state index contributed by atoms with van der Waals surface area (Å²) in [5.41, 5.74) is 0.106. The zero-order chi connectivity index (χ0) is 15.0. The van der Waals surface area contributed by atoms with E-state index >= 15 is 0 Å². The molecule has 8 heteroatoms. The number of anilines is 1. The highest BCUT2D eigenvalue weighted by atomic mass is 19.4. The molecule has 0 radical (unpaired) electrons. The monoisotopic (exact) mass is 299 g/mol. The van der Waals surface area contributed by atoms with E-state index in [1.165, 1.54) is 6.07 Å². The normalized spacial score (nSPS) is 17.6. The van der Waals surface area contributed by atoms with Crippen LogP contribution in [0.2, 0.25) is 0 Å². The first-order valence-corrected chi connectivity index (χ1v) is 7.03. The number of rotatable bonds is 2. The third kappa shape index (κ3) is 2.66. The van der Waals surface area contributed by atoms with Crippen LogP contribution in [0.15, 0.2) is 12.1 Å². The molecule has 0 atom stereocenters. The lowest BCUT2D eigenvalue weighted by Crippen LogP contribution is -2.34. The van der Waals surface area contributed by atoms with Gasteiger partial charge >= 0.3 is 6.18 Å². The van der Waals surface area contributed by atoms with Crippen LogP contribution in [-0.2, 0) is 6.18 Å². The Balaban J connectivity index is 1.90. The molecule has 0 N–H and O–H groups in total. The van der Waals surface area contributed by atoms with Crippen LogP contribution in [0.1, 0.15) is 32.0 Å². The number of hydrogen-bond donors (Lipinski definition) is 0. The van der Waals surface area contributed by atoms with E-state index in [-0.39, 0.29) is 5.65 Å². The van der Waals surface area contributed by atoms with Gasteiger partial charge in [-0.25, -0.2) is 0 Å². The van der Waals surface area contributed by atoms with Crippen LogP contribution in [0.25, 0.3) is 5.65 Å². The number of halogens is 3. The quantitative estimate of drug-likeness (QED) is 0.855. The molecule has 0 unspecified atom stereocenters. The minimum atomic E-state index is -4.56. The molecule has 1 saturated heterocycles. The van der Waals surface area contributed by atoms with Crippen LogP contribution in [0.5, 0.6) is 0 Å². The Morgan fingerprint density at radius 2 is 1.90 bits per heavy atom. The van der Waals surface area contributed by atoms with Crippen molar-refractivity contribution in [3.63, 3.8) is 0 Å². The van der Waals surface area contributed by atoms with Gasteiger partial charge in [0, 0.05) is 13.1 Å². The van der Waals surface area contributed by atoms with Crippen molar-refractivity contribution in [2.24, 2.45) is 5.92 Å². The molecule has 0 saturated carbocycles. The Bertz CT molecular complexity index is 628. The molecule has 0 aliphatic carbocycles. The summed E-state index contributed by atoms with van der Waals surface area (Å²) in [7, 11) is 0. The van der Waals surface area contributed by atoms with Crippen LogP contribution in [0.4, 0.5) is 19.0 Å². The highest BCUT2D eigenvalue weighted by Crippen LogP contribution is 2.28. The molecule has 0 amide bonds. The van der Waals surface area contributed by atoms with Gasteiger partial charge in [0.1, 0.15) is 5.82 Å². The fourth-order valence-electron chi connectivity index (χ4n) is 2.69. The average Bonchev–Trinajstić information content (AvgIpc) is 2.90. The van der Waals surface area contributed by atoms with E-state index in [1.807, 2.05) is 4.90 Å². The SMILES string of the molecule is CCC1CCN(c2ccc3nnc(C(F)(F)F)n3n2)CC1. The van der Waals surface area contributed by atoms with Gasteiger partial charge in [0.05, 0.1) is 0 Å². The van der Waals surface area contributed by atoms with Gasteiger partial charge in [-0.15, -0.1) is 15.3 Å². The van der Waals surface area contributed by atoms with Crippen LogP contribution in [0.3, 0.4) is 0 Å². The minimum Gasteiger partial charge on any atom is -0.355 e. The molecular weight excluding hydrogens is 283 g/mol. The van der Waals surface area contributed by atoms with Gasteiger partial charge in [0.25, 0.3) is 5.82 Å². The third-order valence-corrected chi connectivity index (χ3v) is 4.02. The summed E-state index contributed by atoms with van der Waals surface area (Å²) in [5.74, 6) is 0.163. The number of hydrogen-bond acceptors (Lipinski definition) is 4. The topological polar surface area (TPSA) is 46.3 Å². The number of piperidine rings is 1. The van der Waals surface area contributed by atoms with E-state index in [2.05, 4.69) is 22.2 Å². The highest BCUT2D eigenvalue weighted by molar-refractivity contribution is 5.46. The molecule has 0 spiro atoms. The predicted molar refractivity (Wildman–Crippen MR) is 71.0 cm³/mol. The van der Waals surface area contributed by atoms with Crippen LogP contribution < -0.4 is 4.90 Å². The number of alkyl halides is 3. The molecule has 5 nitrogen and oxygen atoms in total. The summed E-state index contributed by atoms with van der Waals surface area (Å²) in [4.78, 5) is 2.02. The molecule has 0 bridgehead atoms. The van der Waals surface area contributed by atoms with Crippen LogP contribution in [-0.4, -0.2) is 32.9 Å². The van der Waals surface area contributed by atoms with Gasteiger partial charge < -0.3 is 4.90 Å². The summed E-state index contributed by atoms with van der Waals surface area (Å²) in [5, 5.41) is 10.8. The molecule has 0 aromatic carbocycles. The first-order chi connectivity index (χ1) is 9.99. The largest absolute Gasteiger partial charge is 0.453 e. The van der Waals surface area contributed by atoms with E-state index in [0.717, 1.165) is 36.9 Å². The summed E-state index contributed by atoms with van der Waals surface area (Å²) in [6.45, 7) is 3.80. The van der Waals surface area contributed by atoms with E-state index in [0.29, 0.717) is 11.7 Å². The number of fused-ring (bicyclic) bond motifs is 1. The van der Waals surface area contributed by atoms with Crippen LogP contribution in [0, 0.1) is 5.92 Å². The molecule has 2 aromatic heterocycles. The summed E-state index contributed by atoms with van der Waals surface area (Å²) in [6, 6.07) is 3.23. The van der Waals surface area contributed by atoms with Crippen molar-refractivity contribution in [1.29, 1.82) is 0 Å². The van der Waals surface area contributed by atoms with E-state index in [4.69, 9.17) is 0 Å². The lowest BCUT2D eigenvalue weighted by molar-refractivity contribution is -0.146. The Labute approximate surface area is 119 Å². The molecular formula is C13H16F3N5.